The third-order valence-electron chi connectivity index (χ3n) is 4.81. The average Bonchev–Trinajstić information content (AvgIpc) is 2.62. The standard InChI is InChI=1S/C18H21FN4O2S/c1-3-26(24,25)23-6-4-15(5-7-23)22-18-13(10-20)11-21-17-12(2)8-14(19)9-16(17)18/h8-9,11,15H,3-7H2,1-2H3,(H,21,22). The van der Waals surface area contributed by atoms with Crippen LogP contribution in [0.4, 0.5) is 10.1 Å². The van der Waals surface area contributed by atoms with Crippen LogP contribution in [0.3, 0.4) is 0 Å². The summed E-state index contributed by atoms with van der Waals surface area (Å²) in [5.41, 5.74) is 2.28. The van der Waals surface area contributed by atoms with Gasteiger partial charge in [-0.25, -0.2) is 17.1 Å². The lowest BCUT2D eigenvalue weighted by Gasteiger charge is -2.32. The Hall–Kier alpha value is -2.24. The maximum Gasteiger partial charge on any atom is 0.213 e. The molecule has 3 rings (SSSR count). The van der Waals surface area contributed by atoms with Gasteiger partial charge in [-0.2, -0.15) is 5.26 Å². The van der Waals surface area contributed by atoms with E-state index in [4.69, 9.17) is 0 Å². The zero-order chi connectivity index (χ0) is 18.9. The molecular weight excluding hydrogens is 355 g/mol. The first-order chi connectivity index (χ1) is 12.4. The summed E-state index contributed by atoms with van der Waals surface area (Å²) < 4.78 is 39.4. The summed E-state index contributed by atoms with van der Waals surface area (Å²) in [7, 11) is -3.18. The number of hydrogen-bond acceptors (Lipinski definition) is 5. The number of sulfonamides is 1. The fourth-order valence-corrected chi connectivity index (χ4v) is 4.47. The molecule has 1 aliphatic heterocycles. The van der Waals surface area contributed by atoms with Crippen LogP contribution in [-0.2, 0) is 10.0 Å². The van der Waals surface area contributed by atoms with Gasteiger partial charge in [0, 0.05) is 30.7 Å². The van der Waals surface area contributed by atoms with Crippen LogP contribution < -0.4 is 5.32 Å². The Morgan fingerprint density at radius 1 is 1.38 bits per heavy atom. The summed E-state index contributed by atoms with van der Waals surface area (Å²) in [5, 5.41) is 13.3. The zero-order valence-electron chi connectivity index (χ0n) is 14.8. The minimum absolute atomic E-state index is 0.0135. The molecule has 1 aromatic heterocycles. The van der Waals surface area contributed by atoms with Crippen molar-refractivity contribution in [3.63, 3.8) is 0 Å². The summed E-state index contributed by atoms with van der Waals surface area (Å²) >= 11 is 0. The molecule has 2 aromatic rings. The Bertz CT molecular complexity index is 977. The first-order valence-electron chi connectivity index (χ1n) is 8.59. The van der Waals surface area contributed by atoms with E-state index in [0.29, 0.717) is 53.6 Å². The monoisotopic (exact) mass is 376 g/mol. The molecule has 26 heavy (non-hydrogen) atoms. The number of aryl methyl sites for hydroxylation is 1. The highest BCUT2D eigenvalue weighted by Gasteiger charge is 2.27. The maximum absolute atomic E-state index is 13.9. The van der Waals surface area contributed by atoms with Crippen molar-refractivity contribution in [1.29, 1.82) is 5.26 Å². The molecule has 0 aliphatic carbocycles. The molecule has 0 atom stereocenters. The minimum atomic E-state index is -3.18. The number of aromatic nitrogens is 1. The first kappa shape index (κ1) is 18.5. The molecule has 0 amide bonds. The van der Waals surface area contributed by atoms with Crippen molar-refractivity contribution in [2.75, 3.05) is 24.2 Å². The van der Waals surface area contributed by atoms with Crippen molar-refractivity contribution in [2.24, 2.45) is 0 Å². The molecule has 1 fully saturated rings. The average molecular weight is 376 g/mol. The predicted octanol–water partition coefficient (Wildman–Crippen LogP) is 2.78. The van der Waals surface area contributed by atoms with Gasteiger partial charge in [-0.3, -0.25) is 4.98 Å². The number of fused-ring (bicyclic) bond motifs is 1. The number of nitrogens with zero attached hydrogens (tertiary/aromatic N) is 3. The molecule has 0 unspecified atom stereocenters. The fourth-order valence-electron chi connectivity index (χ4n) is 3.34. The lowest BCUT2D eigenvalue weighted by molar-refractivity contribution is 0.330. The maximum atomic E-state index is 13.9. The van der Waals surface area contributed by atoms with Gasteiger partial charge < -0.3 is 5.32 Å². The lowest BCUT2D eigenvalue weighted by atomic mass is 10.0. The number of anilines is 1. The SMILES string of the molecule is CCS(=O)(=O)N1CCC(Nc2c(C#N)cnc3c(C)cc(F)cc23)CC1. The topological polar surface area (TPSA) is 86.1 Å². The second-order valence-electron chi connectivity index (χ2n) is 6.50. The molecule has 138 valence electrons. The van der Waals surface area contributed by atoms with Crippen LogP contribution in [0.15, 0.2) is 18.3 Å². The highest BCUT2D eigenvalue weighted by molar-refractivity contribution is 7.89. The summed E-state index contributed by atoms with van der Waals surface area (Å²) in [6, 6.07) is 4.92. The van der Waals surface area contributed by atoms with E-state index in [-0.39, 0.29) is 17.6 Å². The van der Waals surface area contributed by atoms with Gasteiger partial charge in [0.15, 0.2) is 0 Å². The molecule has 1 aliphatic rings. The van der Waals surface area contributed by atoms with Gasteiger partial charge in [-0.05, 0) is 44.4 Å². The first-order valence-corrected chi connectivity index (χ1v) is 10.2. The molecule has 0 radical (unpaired) electrons. The number of nitriles is 1. The fraction of sp³-hybridized carbons (Fsp3) is 0.444. The van der Waals surface area contributed by atoms with Crippen LogP contribution in [0.5, 0.6) is 0 Å². The molecule has 1 N–H and O–H groups in total. The smallest absolute Gasteiger partial charge is 0.213 e. The molecule has 0 saturated carbocycles. The number of halogens is 1. The number of piperidine rings is 1. The van der Waals surface area contributed by atoms with Crippen LogP contribution in [-0.4, -0.2) is 42.6 Å². The second kappa shape index (κ2) is 7.17. The number of nitrogens with one attached hydrogen (secondary N) is 1. The van der Waals surface area contributed by atoms with Gasteiger partial charge in [0.25, 0.3) is 0 Å². The largest absolute Gasteiger partial charge is 0.381 e. The Morgan fingerprint density at radius 2 is 2.08 bits per heavy atom. The number of rotatable bonds is 4. The van der Waals surface area contributed by atoms with Crippen molar-refractivity contribution >= 4 is 26.6 Å². The van der Waals surface area contributed by atoms with Gasteiger partial charge in [-0.15, -0.1) is 0 Å². The molecule has 0 bridgehead atoms. The molecule has 6 nitrogen and oxygen atoms in total. The summed E-state index contributed by atoms with van der Waals surface area (Å²) in [5.74, 6) is -0.282. The highest BCUT2D eigenvalue weighted by atomic mass is 32.2. The van der Waals surface area contributed by atoms with Crippen molar-refractivity contribution in [3.05, 3.63) is 35.3 Å². The van der Waals surface area contributed by atoms with E-state index >= 15 is 0 Å². The van der Waals surface area contributed by atoms with Crippen molar-refractivity contribution < 1.29 is 12.8 Å². The van der Waals surface area contributed by atoms with Crippen LogP contribution in [0.2, 0.25) is 0 Å². The van der Waals surface area contributed by atoms with E-state index in [1.165, 1.54) is 22.6 Å². The molecular formula is C18H21FN4O2S. The van der Waals surface area contributed by atoms with Gasteiger partial charge in [0.05, 0.1) is 22.5 Å². The van der Waals surface area contributed by atoms with Crippen molar-refractivity contribution in [2.45, 2.75) is 32.7 Å². The second-order valence-corrected chi connectivity index (χ2v) is 8.75. The summed E-state index contributed by atoms with van der Waals surface area (Å²) in [4.78, 5) is 4.29. The summed E-state index contributed by atoms with van der Waals surface area (Å²) in [6.07, 6.45) is 2.75. The minimum Gasteiger partial charge on any atom is -0.381 e. The third kappa shape index (κ3) is 3.50. The van der Waals surface area contributed by atoms with E-state index in [1.807, 2.05) is 0 Å². The van der Waals surface area contributed by atoms with Gasteiger partial charge in [0.1, 0.15) is 11.9 Å². The molecule has 0 spiro atoms. The van der Waals surface area contributed by atoms with Crippen LogP contribution in [0, 0.1) is 24.1 Å². The van der Waals surface area contributed by atoms with Crippen LogP contribution in [0.1, 0.15) is 30.9 Å². The Kier molecular flexibility index (Phi) is 5.12. The predicted molar refractivity (Wildman–Crippen MR) is 98.8 cm³/mol. The highest BCUT2D eigenvalue weighted by Crippen LogP contribution is 2.30. The van der Waals surface area contributed by atoms with E-state index < -0.39 is 10.0 Å². The third-order valence-corrected chi connectivity index (χ3v) is 6.69. The van der Waals surface area contributed by atoms with Gasteiger partial charge in [0.2, 0.25) is 10.0 Å². The number of benzene rings is 1. The molecule has 1 aromatic carbocycles. The van der Waals surface area contributed by atoms with Gasteiger partial charge >= 0.3 is 0 Å². The molecule has 1 saturated heterocycles. The zero-order valence-corrected chi connectivity index (χ0v) is 15.6. The Balaban J connectivity index is 1.89. The van der Waals surface area contributed by atoms with E-state index in [1.54, 1.807) is 13.8 Å². The van der Waals surface area contributed by atoms with Crippen molar-refractivity contribution in [1.82, 2.24) is 9.29 Å². The summed E-state index contributed by atoms with van der Waals surface area (Å²) in [6.45, 7) is 4.29. The lowest BCUT2D eigenvalue weighted by Crippen LogP contribution is -2.43. The van der Waals surface area contributed by atoms with Crippen molar-refractivity contribution in [3.8, 4) is 6.07 Å². The quantitative estimate of drug-likeness (QED) is 0.887. The Labute approximate surface area is 152 Å². The van der Waals surface area contributed by atoms with E-state index in [2.05, 4.69) is 16.4 Å². The number of hydrogen-bond donors (Lipinski definition) is 1. The Morgan fingerprint density at radius 3 is 2.69 bits per heavy atom. The molecule has 2 heterocycles. The normalized spacial score (nSPS) is 16.5. The van der Waals surface area contributed by atoms with E-state index in [0.717, 1.165) is 0 Å². The van der Waals surface area contributed by atoms with Gasteiger partial charge in [-0.1, -0.05) is 0 Å². The van der Waals surface area contributed by atoms with E-state index in [9.17, 15) is 18.1 Å². The van der Waals surface area contributed by atoms with Crippen LogP contribution in [0.25, 0.3) is 10.9 Å². The van der Waals surface area contributed by atoms with Crippen LogP contribution >= 0.6 is 0 Å². The number of pyridine rings is 1. The molecule has 8 heteroatoms.